The van der Waals surface area contributed by atoms with Crippen LogP contribution in [0.1, 0.15) is 0 Å². The van der Waals surface area contributed by atoms with E-state index in [1.54, 1.807) is 12.4 Å². The first-order chi connectivity index (χ1) is 8.68. The van der Waals surface area contributed by atoms with Gasteiger partial charge >= 0.3 is 0 Å². The second-order valence-electron chi connectivity index (χ2n) is 3.43. The third kappa shape index (κ3) is 3.91. The summed E-state index contributed by atoms with van der Waals surface area (Å²) in [4.78, 5) is 0. The Morgan fingerprint density at radius 2 is 1.16 bits per heavy atom. The van der Waals surface area contributed by atoms with Crippen LogP contribution in [0, 0.1) is 6.68 Å². The van der Waals surface area contributed by atoms with E-state index in [1.165, 1.54) is 0 Å². The van der Waals surface area contributed by atoms with Gasteiger partial charge in [-0.05, 0) is 10.4 Å². The Balaban J connectivity index is 0.000000323. The summed E-state index contributed by atoms with van der Waals surface area (Å²) < 4.78 is 28.8. The molecule has 0 saturated heterocycles. The summed E-state index contributed by atoms with van der Waals surface area (Å²) in [5.74, 6) is 0. The van der Waals surface area contributed by atoms with Crippen LogP contribution in [-0.2, 0) is 17.1 Å². The first-order valence-electron chi connectivity index (χ1n) is 5.10. The van der Waals surface area contributed by atoms with Crippen LogP contribution in [0.15, 0.2) is 36.7 Å². The Kier molecular flexibility index (Phi) is 5.73. The smallest absolute Gasteiger partial charge is 0.154 e. The van der Waals surface area contributed by atoms with Crippen molar-refractivity contribution in [2.24, 2.45) is 0 Å². The van der Waals surface area contributed by atoms with E-state index in [1.807, 2.05) is 12.2 Å². The number of hydrogen-bond donors (Lipinski definition) is 0. The Morgan fingerprint density at radius 1 is 0.789 bits per heavy atom. The standard InChI is InChI=1S/C12H8N2.CF3.Cu/c1-3-9-5-6-10-4-2-8-14-12(10)11(9)13-7-1;2-1(3)4;/h1-8H;;/q-2;-1;. The maximum absolute atomic E-state index is 9.58. The van der Waals surface area contributed by atoms with Gasteiger partial charge in [0.15, 0.2) is 6.68 Å². The van der Waals surface area contributed by atoms with Gasteiger partial charge in [-0.2, -0.15) is 12.4 Å². The molecule has 0 N–H and O–H groups in total. The SMILES string of the molecule is C1=C[N-]c2c3c(ccc2=C1)=CC=C[N-]3.F[C-](F)F.[Cu]. The zero-order valence-corrected chi connectivity index (χ0v) is 10.4. The molecule has 0 amide bonds. The minimum absolute atomic E-state index is 0. The van der Waals surface area contributed by atoms with Crippen LogP contribution in [0.4, 0.5) is 24.5 Å². The second-order valence-corrected chi connectivity index (χ2v) is 3.43. The Morgan fingerprint density at radius 3 is 1.53 bits per heavy atom. The van der Waals surface area contributed by atoms with Crippen molar-refractivity contribution in [2.45, 2.75) is 0 Å². The maximum atomic E-state index is 9.58. The molecule has 0 saturated carbocycles. The number of nitrogens with zero attached hydrogens (tertiary/aromatic N) is 2. The first kappa shape index (κ1) is 15.4. The fourth-order valence-corrected chi connectivity index (χ4v) is 1.68. The van der Waals surface area contributed by atoms with E-state index in [-0.39, 0.29) is 17.1 Å². The van der Waals surface area contributed by atoms with Crippen LogP contribution in [0.25, 0.3) is 22.8 Å². The summed E-state index contributed by atoms with van der Waals surface area (Å²) in [7, 11) is 0. The van der Waals surface area contributed by atoms with Gasteiger partial charge in [0, 0.05) is 17.1 Å². The van der Waals surface area contributed by atoms with Gasteiger partial charge in [-0.1, -0.05) is 36.4 Å². The van der Waals surface area contributed by atoms with Crippen molar-refractivity contribution in [1.82, 2.24) is 0 Å². The summed E-state index contributed by atoms with van der Waals surface area (Å²) in [6, 6.07) is 4.15. The fraction of sp³-hybridized carbons (Fsp3) is 0. The maximum Gasteiger partial charge on any atom is 0.154 e. The van der Waals surface area contributed by atoms with Crippen molar-refractivity contribution < 1.29 is 30.2 Å². The molecule has 6 heteroatoms. The number of halogens is 3. The summed E-state index contributed by atoms with van der Waals surface area (Å²) in [5, 5.41) is 11.0. The molecule has 0 unspecified atom stereocenters. The first-order valence-corrected chi connectivity index (χ1v) is 5.10. The van der Waals surface area contributed by atoms with Crippen molar-refractivity contribution >= 4 is 23.5 Å². The van der Waals surface area contributed by atoms with Crippen molar-refractivity contribution in [2.75, 3.05) is 0 Å². The van der Waals surface area contributed by atoms with Crippen LogP contribution >= 0.6 is 0 Å². The van der Waals surface area contributed by atoms with Gasteiger partial charge < -0.3 is 23.8 Å². The molecule has 1 aromatic carbocycles. The molecule has 0 aromatic heterocycles. The van der Waals surface area contributed by atoms with E-state index in [4.69, 9.17) is 0 Å². The van der Waals surface area contributed by atoms with Crippen LogP contribution < -0.4 is 10.4 Å². The van der Waals surface area contributed by atoms with E-state index in [0.29, 0.717) is 0 Å². The number of benzene rings is 1. The van der Waals surface area contributed by atoms with Gasteiger partial charge in [-0.15, -0.1) is 11.4 Å². The van der Waals surface area contributed by atoms with Gasteiger partial charge in [-0.3, -0.25) is 0 Å². The molecule has 0 aliphatic carbocycles. The molecule has 0 atom stereocenters. The zero-order chi connectivity index (χ0) is 13.0. The third-order valence-corrected chi connectivity index (χ3v) is 2.34. The third-order valence-electron chi connectivity index (χ3n) is 2.34. The van der Waals surface area contributed by atoms with Gasteiger partial charge in [0.25, 0.3) is 0 Å². The van der Waals surface area contributed by atoms with Crippen molar-refractivity contribution in [3.05, 3.63) is 64.4 Å². The summed E-state index contributed by atoms with van der Waals surface area (Å²) >= 11 is 0. The Bertz CT molecular complexity index is 555. The molecule has 0 fully saturated rings. The zero-order valence-electron chi connectivity index (χ0n) is 9.45. The van der Waals surface area contributed by atoms with Gasteiger partial charge in [0.05, 0.1) is 0 Å². The Labute approximate surface area is 118 Å². The van der Waals surface area contributed by atoms with E-state index >= 15 is 0 Å². The average Bonchev–Trinajstić information content (AvgIpc) is 2.38. The molecule has 0 bridgehead atoms. The second kappa shape index (κ2) is 7.07. The number of hydrogen-bond acceptors (Lipinski definition) is 0. The summed E-state index contributed by atoms with van der Waals surface area (Å²) in [6.45, 7) is -3.08. The van der Waals surface area contributed by atoms with Crippen LogP contribution in [0.3, 0.4) is 0 Å². The minimum Gasteiger partial charge on any atom is -0.665 e. The molecular weight excluding hydrogens is 305 g/mol. The predicted molar refractivity (Wildman–Crippen MR) is 65.5 cm³/mol. The molecule has 105 valence electrons. The summed E-state index contributed by atoms with van der Waals surface area (Å²) in [5.41, 5.74) is 1.95. The predicted octanol–water partition coefficient (Wildman–Crippen LogP) is 3.65. The molecule has 3 rings (SSSR count). The van der Waals surface area contributed by atoms with E-state index < -0.39 is 6.68 Å². The topological polar surface area (TPSA) is 28.2 Å². The number of fused-ring (bicyclic) bond motifs is 3. The minimum atomic E-state index is -3.08. The molecular formula is C13H8CuF3N2-3. The largest absolute Gasteiger partial charge is 0.665 e. The van der Waals surface area contributed by atoms with Gasteiger partial charge in [0.2, 0.25) is 0 Å². The molecule has 19 heavy (non-hydrogen) atoms. The quantitative estimate of drug-likeness (QED) is 0.517. The van der Waals surface area contributed by atoms with E-state index in [0.717, 1.165) is 21.8 Å². The Hall–Kier alpha value is -1.65. The van der Waals surface area contributed by atoms with Crippen molar-refractivity contribution in [1.29, 1.82) is 0 Å². The molecule has 2 nitrogen and oxygen atoms in total. The number of allylic oxidation sites excluding steroid dienone is 2. The van der Waals surface area contributed by atoms with Crippen molar-refractivity contribution in [3.63, 3.8) is 0 Å². The van der Waals surface area contributed by atoms with Crippen molar-refractivity contribution in [3.8, 4) is 0 Å². The van der Waals surface area contributed by atoms with Gasteiger partial charge in [0.1, 0.15) is 0 Å². The fourth-order valence-electron chi connectivity index (χ4n) is 1.68. The number of rotatable bonds is 0. The normalized spacial score (nSPS) is 13.3. The molecule has 1 aromatic rings. The van der Waals surface area contributed by atoms with E-state index in [2.05, 4.69) is 34.9 Å². The molecule has 2 heterocycles. The molecule has 2 aliphatic rings. The summed E-state index contributed by atoms with van der Waals surface area (Å²) in [6.07, 6.45) is 11.6. The van der Waals surface area contributed by atoms with Crippen LogP contribution in [-0.4, -0.2) is 0 Å². The molecule has 1 radical (unpaired) electrons. The van der Waals surface area contributed by atoms with Gasteiger partial charge in [-0.25, -0.2) is 0 Å². The average molecular weight is 313 g/mol. The molecule has 0 spiro atoms. The monoisotopic (exact) mass is 312 g/mol. The molecule has 2 aliphatic heterocycles. The van der Waals surface area contributed by atoms with E-state index in [9.17, 15) is 13.2 Å². The van der Waals surface area contributed by atoms with Crippen LogP contribution in [0.2, 0.25) is 0 Å². The van der Waals surface area contributed by atoms with Crippen LogP contribution in [0.5, 0.6) is 0 Å².